The van der Waals surface area contributed by atoms with Crippen LogP contribution in [0.1, 0.15) is 19.4 Å². The van der Waals surface area contributed by atoms with Gasteiger partial charge < -0.3 is 10.6 Å². The Morgan fingerprint density at radius 2 is 1.67 bits per heavy atom. The first-order valence-corrected chi connectivity index (χ1v) is 5.54. The van der Waals surface area contributed by atoms with Gasteiger partial charge in [-0.25, -0.2) is 0 Å². The Kier molecular flexibility index (Phi) is 4.75. The molecule has 1 aromatic carbocycles. The lowest BCUT2D eigenvalue weighted by molar-refractivity contribution is 1.15. The number of benzene rings is 1. The first-order valence-electron chi connectivity index (χ1n) is 5.54. The fourth-order valence-corrected chi connectivity index (χ4v) is 1.66. The van der Waals surface area contributed by atoms with E-state index >= 15 is 0 Å². The molecular weight excluding hydrogens is 184 g/mol. The van der Waals surface area contributed by atoms with Crippen LogP contribution in [0.2, 0.25) is 0 Å². The molecule has 0 aromatic heterocycles. The first-order chi connectivity index (χ1) is 7.33. The molecule has 0 fully saturated rings. The van der Waals surface area contributed by atoms with Gasteiger partial charge in [0.25, 0.3) is 0 Å². The van der Waals surface area contributed by atoms with Crippen LogP contribution in [-0.2, 0) is 6.42 Å². The molecule has 0 unspecified atom stereocenters. The van der Waals surface area contributed by atoms with Gasteiger partial charge in [-0.15, -0.1) is 6.58 Å². The summed E-state index contributed by atoms with van der Waals surface area (Å²) in [6, 6.07) is 6.30. The van der Waals surface area contributed by atoms with Crippen LogP contribution in [0.25, 0.3) is 0 Å². The number of nitrogens with one attached hydrogen (secondary N) is 2. The van der Waals surface area contributed by atoms with E-state index in [1.54, 1.807) is 0 Å². The predicted molar refractivity (Wildman–Crippen MR) is 68.7 cm³/mol. The van der Waals surface area contributed by atoms with Crippen molar-refractivity contribution in [1.82, 2.24) is 0 Å². The van der Waals surface area contributed by atoms with Gasteiger partial charge in [0.1, 0.15) is 0 Å². The normalized spacial score (nSPS) is 9.73. The molecule has 0 spiro atoms. The quantitative estimate of drug-likeness (QED) is 0.695. The predicted octanol–water partition coefficient (Wildman–Crippen LogP) is 3.28. The number of rotatable bonds is 6. The van der Waals surface area contributed by atoms with Crippen molar-refractivity contribution in [2.24, 2.45) is 0 Å². The number of hydrogen-bond acceptors (Lipinski definition) is 2. The molecular formula is C13H20N2. The van der Waals surface area contributed by atoms with E-state index < -0.39 is 0 Å². The van der Waals surface area contributed by atoms with Crippen LogP contribution in [0.3, 0.4) is 0 Å². The maximum absolute atomic E-state index is 3.80. The first kappa shape index (κ1) is 11.6. The molecule has 1 aromatic rings. The van der Waals surface area contributed by atoms with Gasteiger partial charge >= 0.3 is 0 Å². The van der Waals surface area contributed by atoms with Gasteiger partial charge in [-0.1, -0.05) is 12.1 Å². The fraction of sp³-hybridized carbons (Fsp3) is 0.385. The van der Waals surface area contributed by atoms with Gasteiger partial charge in [0, 0.05) is 30.0 Å². The van der Waals surface area contributed by atoms with Crippen molar-refractivity contribution in [3.63, 3.8) is 0 Å². The van der Waals surface area contributed by atoms with Crippen LogP contribution in [0.15, 0.2) is 30.9 Å². The summed E-state index contributed by atoms with van der Waals surface area (Å²) in [5, 5.41) is 6.74. The molecule has 2 nitrogen and oxygen atoms in total. The van der Waals surface area contributed by atoms with Crippen molar-refractivity contribution in [3.05, 3.63) is 36.4 Å². The van der Waals surface area contributed by atoms with Crippen LogP contribution >= 0.6 is 0 Å². The summed E-state index contributed by atoms with van der Waals surface area (Å²) in [4.78, 5) is 0. The van der Waals surface area contributed by atoms with Crippen LogP contribution in [-0.4, -0.2) is 13.1 Å². The molecule has 0 heterocycles. The molecule has 15 heavy (non-hydrogen) atoms. The third-order valence-electron chi connectivity index (χ3n) is 2.26. The standard InChI is InChI=1S/C13H20N2/c1-4-8-11-12(14-5-2)9-7-10-13(11)15-6-3/h4,7,9-10,14-15H,1,5-6,8H2,2-3H3. The van der Waals surface area contributed by atoms with Crippen molar-refractivity contribution < 1.29 is 0 Å². The molecule has 0 saturated heterocycles. The van der Waals surface area contributed by atoms with Crippen LogP contribution in [0, 0.1) is 0 Å². The minimum Gasteiger partial charge on any atom is -0.385 e. The molecule has 0 aliphatic heterocycles. The molecule has 0 radical (unpaired) electrons. The highest BCUT2D eigenvalue weighted by molar-refractivity contribution is 5.66. The van der Waals surface area contributed by atoms with Crippen molar-refractivity contribution in [1.29, 1.82) is 0 Å². The van der Waals surface area contributed by atoms with E-state index in [1.165, 1.54) is 16.9 Å². The Hall–Kier alpha value is -1.44. The zero-order chi connectivity index (χ0) is 11.1. The van der Waals surface area contributed by atoms with Crippen molar-refractivity contribution >= 4 is 11.4 Å². The smallest absolute Gasteiger partial charge is 0.0396 e. The summed E-state index contributed by atoms with van der Waals surface area (Å²) < 4.78 is 0. The molecule has 2 heteroatoms. The van der Waals surface area contributed by atoms with E-state index in [9.17, 15) is 0 Å². The van der Waals surface area contributed by atoms with E-state index in [0.29, 0.717) is 0 Å². The number of hydrogen-bond donors (Lipinski definition) is 2. The van der Waals surface area contributed by atoms with Gasteiger partial charge in [-0.05, 0) is 32.4 Å². The minimum absolute atomic E-state index is 0.894. The molecule has 0 aliphatic rings. The van der Waals surface area contributed by atoms with Crippen molar-refractivity contribution in [2.75, 3.05) is 23.7 Å². The number of anilines is 2. The summed E-state index contributed by atoms with van der Waals surface area (Å²) in [7, 11) is 0. The Balaban J connectivity index is 3.02. The van der Waals surface area contributed by atoms with E-state index in [4.69, 9.17) is 0 Å². The second kappa shape index (κ2) is 6.12. The van der Waals surface area contributed by atoms with E-state index in [-0.39, 0.29) is 0 Å². The Labute approximate surface area is 92.4 Å². The Morgan fingerprint density at radius 3 is 2.07 bits per heavy atom. The third-order valence-corrected chi connectivity index (χ3v) is 2.26. The third kappa shape index (κ3) is 3.01. The van der Waals surface area contributed by atoms with Crippen molar-refractivity contribution in [2.45, 2.75) is 20.3 Å². The lowest BCUT2D eigenvalue weighted by Gasteiger charge is -2.15. The van der Waals surface area contributed by atoms with Crippen LogP contribution in [0.4, 0.5) is 11.4 Å². The van der Waals surface area contributed by atoms with E-state index in [0.717, 1.165) is 19.5 Å². The second-order valence-electron chi connectivity index (χ2n) is 3.39. The Morgan fingerprint density at radius 1 is 1.13 bits per heavy atom. The van der Waals surface area contributed by atoms with E-state index in [1.807, 2.05) is 6.08 Å². The van der Waals surface area contributed by atoms with Crippen LogP contribution < -0.4 is 10.6 Å². The molecule has 0 bridgehead atoms. The second-order valence-corrected chi connectivity index (χ2v) is 3.39. The molecule has 0 amide bonds. The van der Waals surface area contributed by atoms with Gasteiger partial charge in [0.15, 0.2) is 0 Å². The zero-order valence-corrected chi connectivity index (χ0v) is 9.64. The monoisotopic (exact) mass is 204 g/mol. The summed E-state index contributed by atoms with van der Waals surface area (Å²) in [6.45, 7) is 9.91. The Bertz CT molecular complexity index is 294. The largest absolute Gasteiger partial charge is 0.385 e. The molecule has 82 valence electrons. The highest BCUT2D eigenvalue weighted by Gasteiger charge is 2.04. The fourth-order valence-electron chi connectivity index (χ4n) is 1.66. The molecule has 0 atom stereocenters. The summed E-state index contributed by atoms with van der Waals surface area (Å²) >= 11 is 0. The van der Waals surface area contributed by atoms with Gasteiger partial charge in [-0.2, -0.15) is 0 Å². The van der Waals surface area contributed by atoms with Crippen molar-refractivity contribution in [3.8, 4) is 0 Å². The average molecular weight is 204 g/mol. The average Bonchev–Trinajstić information content (AvgIpc) is 2.23. The van der Waals surface area contributed by atoms with Crippen LogP contribution in [0.5, 0.6) is 0 Å². The highest BCUT2D eigenvalue weighted by Crippen LogP contribution is 2.25. The summed E-state index contributed by atoms with van der Waals surface area (Å²) in [5.74, 6) is 0. The summed E-state index contributed by atoms with van der Waals surface area (Å²) in [5.41, 5.74) is 3.71. The topological polar surface area (TPSA) is 24.1 Å². The zero-order valence-electron chi connectivity index (χ0n) is 9.64. The highest BCUT2D eigenvalue weighted by atomic mass is 14.9. The maximum atomic E-state index is 3.80. The van der Waals surface area contributed by atoms with Gasteiger partial charge in [-0.3, -0.25) is 0 Å². The number of allylic oxidation sites excluding steroid dienone is 1. The molecule has 1 rings (SSSR count). The van der Waals surface area contributed by atoms with Gasteiger partial charge in [0.05, 0.1) is 0 Å². The van der Waals surface area contributed by atoms with Gasteiger partial charge in [0.2, 0.25) is 0 Å². The minimum atomic E-state index is 0.894. The lowest BCUT2D eigenvalue weighted by atomic mass is 10.1. The van der Waals surface area contributed by atoms with E-state index in [2.05, 4.69) is 49.3 Å². The summed E-state index contributed by atoms with van der Waals surface area (Å²) in [6.07, 6.45) is 2.84. The molecule has 0 saturated carbocycles. The molecule has 2 N–H and O–H groups in total. The SMILES string of the molecule is C=CCc1c(NCC)cccc1NCC. The maximum Gasteiger partial charge on any atom is 0.0396 e. The lowest BCUT2D eigenvalue weighted by Crippen LogP contribution is -2.05. The molecule has 0 aliphatic carbocycles.